The first-order chi connectivity index (χ1) is 11.2. The zero-order chi connectivity index (χ0) is 17.8. The quantitative estimate of drug-likeness (QED) is 0.696. The Morgan fingerprint density at radius 1 is 1.25 bits per heavy atom. The number of carbonyl (C=O) groups excluding carboxylic acids is 1. The Morgan fingerprint density at radius 3 is 2.42 bits per heavy atom. The monoisotopic (exact) mass is 354 g/mol. The van der Waals surface area contributed by atoms with E-state index in [0.717, 1.165) is 18.4 Å². The zero-order valence-corrected chi connectivity index (χ0v) is 15.0. The van der Waals surface area contributed by atoms with Crippen LogP contribution < -0.4 is 10.0 Å². The van der Waals surface area contributed by atoms with Crippen molar-refractivity contribution in [3.05, 3.63) is 29.8 Å². The maximum atomic E-state index is 12.2. The van der Waals surface area contributed by atoms with E-state index in [9.17, 15) is 18.3 Å². The van der Waals surface area contributed by atoms with Gasteiger partial charge in [-0.15, -0.1) is 0 Å². The number of hydrogen-bond acceptors (Lipinski definition) is 4. The topological polar surface area (TPSA) is 95.5 Å². The van der Waals surface area contributed by atoms with Gasteiger partial charge in [0.15, 0.2) is 0 Å². The van der Waals surface area contributed by atoms with E-state index in [-0.39, 0.29) is 18.2 Å². The highest BCUT2D eigenvalue weighted by Gasteiger charge is 2.32. The van der Waals surface area contributed by atoms with Gasteiger partial charge in [-0.2, -0.15) is 0 Å². The molecular weight excluding hydrogens is 328 g/mol. The van der Waals surface area contributed by atoms with Crippen LogP contribution in [0.1, 0.15) is 38.2 Å². The zero-order valence-electron chi connectivity index (χ0n) is 14.2. The van der Waals surface area contributed by atoms with Crippen molar-refractivity contribution in [1.29, 1.82) is 0 Å². The summed E-state index contributed by atoms with van der Waals surface area (Å²) in [5, 5.41) is 12.9. The van der Waals surface area contributed by atoms with E-state index >= 15 is 0 Å². The van der Waals surface area contributed by atoms with Crippen LogP contribution in [0.25, 0.3) is 0 Å². The molecule has 7 heteroatoms. The molecule has 6 nitrogen and oxygen atoms in total. The van der Waals surface area contributed by atoms with Gasteiger partial charge in [0.25, 0.3) is 0 Å². The third-order valence-electron chi connectivity index (χ3n) is 4.37. The second kappa shape index (κ2) is 7.53. The maximum absolute atomic E-state index is 12.2. The first-order valence-electron chi connectivity index (χ1n) is 8.26. The molecule has 0 aromatic heterocycles. The Hall–Kier alpha value is -1.60. The summed E-state index contributed by atoms with van der Waals surface area (Å²) in [6.45, 7) is 3.67. The minimum absolute atomic E-state index is 0.182. The lowest BCUT2D eigenvalue weighted by Gasteiger charge is -2.23. The second-order valence-electron chi connectivity index (χ2n) is 6.80. The summed E-state index contributed by atoms with van der Waals surface area (Å²) in [6.07, 6.45) is 3.26. The van der Waals surface area contributed by atoms with Crippen LogP contribution in [-0.4, -0.2) is 37.3 Å². The van der Waals surface area contributed by atoms with Gasteiger partial charge in [-0.25, -0.2) is 8.42 Å². The highest BCUT2D eigenvalue weighted by Crippen LogP contribution is 2.28. The molecule has 1 amide bonds. The van der Waals surface area contributed by atoms with Crippen molar-refractivity contribution in [2.24, 2.45) is 5.92 Å². The molecule has 0 radical (unpaired) electrons. The van der Waals surface area contributed by atoms with Crippen LogP contribution in [0, 0.1) is 12.8 Å². The second-order valence-corrected chi connectivity index (χ2v) is 8.57. The van der Waals surface area contributed by atoms with Gasteiger partial charge in [-0.05, 0) is 31.9 Å². The van der Waals surface area contributed by atoms with Crippen LogP contribution >= 0.6 is 0 Å². The van der Waals surface area contributed by atoms with Crippen molar-refractivity contribution in [3.63, 3.8) is 0 Å². The lowest BCUT2D eigenvalue weighted by molar-refractivity contribution is -0.125. The Bertz CT molecular complexity index is 664. The summed E-state index contributed by atoms with van der Waals surface area (Å²) in [4.78, 5) is 12.1. The lowest BCUT2D eigenvalue weighted by Crippen LogP contribution is -2.43. The number of aliphatic hydroxyl groups is 1. The van der Waals surface area contributed by atoms with Crippen LogP contribution in [0.5, 0.6) is 0 Å². The largest absolute Gasteiger partial charge is 0.388 e. The summed E-state index contributed by atoms with van der Waals surface area (Å²) < 4.78 is 26.8. The minimum atomic E-state index is -3.62. The fraction of sp³-hybridized carbons (Fsp3) is 0.588. The van der Waals surface area contributed by atoms with E-state index in [1.54, 1.807) is 19.1 Å². The number of rotatable bonds is 7. The Kier molecular flexibility index (Phi) is 5.87. The highest BCUT2D eigenvalue weighted by molar-refractivity contribution is 7.92. The van der Waals surface area contributed by atoms with Gasteiger partial charge in [0.05, 0.1) is 17.3 Å². The van der Waals surface area contributed by atoms with Gasteiger partial charge in [-0.3, -0.25) is 9.52 Å². The molecule has 1 atom stereocenters. The van der Waals surface area contributed by atoms with Gasteiger partial charge in [-0.1, -0.05) is 37.5 Å². The summed E-state index contributed by atoms with van der Waals surface area (Å²) in [5.74, 6) is -1.35. The molecule has 1 aromatic rings. The fourth-order valence-corrected chi connectivity index (χ4v) is 4.27. The number of carbonyl (C=O) groups is 1. The Balaban J connectivity index is 1.86. The number of hydrogen-bond donors (Lipinski definition) is 3. The van der Waals surface area contributed by atoms with E-state index in [0.29, 0.717) is 18.5 Å². The molecule has 0 aliphatic heterocycles. The molecule has 2 rings (SSSR count). The van der Waals surface area contributed by atoms with Crippen LogP contribution in [0.2, 0.25) is 0 Å². The van der Waals surface area contributed by atoms with E-state index in [4.69, 9.17) is 0 Å². The average molecular weight is 354 g/mol. The highest BCUT2D eigenvalue weighted by atomic mass is 32.2. The van der Waals surface area contributed by atoms with Crippen molar-refractivity contribution in [1.82, 2.24) is 5.32 Å². The molecule has 0 bridgehead atoms. The van der Waals surface area contributed by atoms with Gasteiger partial charge in [0, 0.05) is 12.2 Å². The molecule has 0 spiro atoms. The first kappa shape index (κ1) is 18.7. The summed E-state index contributed by atoms with van der Waals surface area (Å²) in [6, 6.07) is 7.01. The summed E-state index contributed by atoms with van der Waals surface area (Å²) in [7, 11) is -3.62. The molecule has 3 N–H and O–H groups in total. The van der Waals surface area contributed by atoms with Gasteiger partial charge in [0.1, 0.15) is 0 Å². The van der Waals surface area contributed by atoms with Gasteiger partial charge >= 0.3 is 0 Å². The normalized spacial score (nSPS) is 18.1. The average Bonchev–Trinajstić information content (AvgIpc) is 2.93. The van der Waals surface area contributed by atoms with Gasteiger partial charge in [0.2, 0.25) is 15.9 Å². The fourth-order valence-electron chi connectivity index (χ4n) is 2.88. The summed E-state index contributed by atoms with van der Waals surface area (Å²) in [5.41, 5.74) is 0.679. The molecule has 134 valence electrons. The lowest BCUT2D eigenvalue weighted by atomic mass is 10.0. The standard InChI is InChI=1S/C17H26N2O4S/c1-13-5-7-15(8-6-13)19-24(22,23)11-14(2)16(20)18-12-17(21)9-3-4-10-17/h5-8,14,19,21H,3-4,9-12H2,1-2H3,(H,18,20). The van der Waals surface area contributed by atoms with E-state index in [1.165, 1.54) is 0 Å². The molecule has 1 aliphatic carbocycles. The van der Waals surface area contributed by atoms with Crippen LogP contribution in [-0.2, 0) is 14.8 Å². The van der Waals surface area contributed by atoms with Crippen LogP contribution in [0.3, 0.4) is 0 Å². The van der Waals surface area contributed by atoms with Crippen LogP contribution in [0.15, 0.2) is 24.3 Å². The molecule has 1 fully saturated rings. The van der Waals surface area contributed by atoms with Crippen molar-refractivity contribution in [2.75, 3.05) is 17.0 Å². The predicted molar refractivity (Wildman–Crippen MR) is 94.2 cm³/mol. The smallest absolute Gasteiger partial charge is 0.233 e. The van der Waals surface area contributed by atoms with Crippen molar-refractivity contribution < 1.29 is 18.3 Å². The molecule has 1 aliphatic rings. The Labute approximate surface area is 143 Å². The third kappa shape index (κ3) is 5.49. The van der Waals surface area contributed by atoms with E-state index < -0.39 is 21.5 Å². The summed E-state index contributed by atoms with van der Waals surface area (Å²) >= 11 is 0. The van der Waals surface area contributed by atoms with Crippen molar-refractivity contribution >= 4 is 21.6 Å². The predicted octanol–water partition coefficient (Wildman–Crippen LogP) is 1.79. The number of nitrogens with one attached hydrogen (secondary N) is 2. The molecule has 1 aromatic carbocycles. The number of aryl methyl sites for hydroxylation is 1. The van der Waals surface area contributed by atoms with Crippen LogP contribution in [0.4, 0.5) is 5.69 Å². The molecule has 1 unspecified atom stereocenters. The number of sulfonamides is 1. The minimum Gasteiger partial charge on any atom is -0.388 e. The molecule has 0 heterocycles. The van der Waals surface area contributed by atoms with E-state index in [2.05, 4.69) is 10.0 Å². The van der Waals surface area contributed by atoms with Crippen molar-refractivity contribution in [3.8, 4) is 0 Å². The third-order valence-corrected chi connectivity index (χ3v) is 5.85. The van der Waals surface area contributed by atoms with E-state index in [1.807, 2.05) is 19.1 Å². The van der Waals surface area contributed by atoms with Crippen molar-refractivity contribution in [2.45, 2.75) is 45.1 Å². The first-order valence-corrected chi connectivity index (χ1v) is 9.92. The molecule has 1 saturated carbocycles. The maximum Gasteiger partial charge on any atom is 0.233 e. The number of amides is 1. The number of benzene rings is 1. The SMILES string of the molecule is Cc1ccc(NS(=O)(=O)CC(C)C(=O)NCC2(O)CCCC2)cc1. The Morgan fingerprint density at radius 2 is 1.83 bits per heavy atom. The molecular formula is C17H26N2O4S. The molecule has 24 heavy (non-hydrogen) atoms. The number of anilines is 1. The molecule has 0 saturated heterocycles. The van der Waals surface area contributed by atoms with Gasteiger partial charge < -0.3 is 10.4 Å².